The van der Waals surface area contributed by atoms with Gasteiger partial charge in [-0.1, -0.05) is 18.2 Å². The highest BCUT2D eigenvalue weighted by atomic mass is 32.2. The molecule has 2 aromatic rings. The van der Waals surface area contributed by atoms with Crippen LogP contribution in [0.3, 0.4) is 0 Å². The van der Waals surface area contributed by atoms with E-state index in [2.05, 4.69) is 4.72 Å². The molecule has 0 fully saturated rings. The SMILES string of the molecule is Cc1ccccc1NS(=O)(=O)c1ccc[cH-]1. The van der Waals surface area contributed by atoms with Crippen LogP contribution < -0.4 is 4.72 Å². The van der Waals surface area contributed by atoms with Crippen molar-refractivity contribution in [1.82, 2.24) is 0 Å². The van der Waals surface area contributed by atoms with E-state index in [4.69, 9.17) is 0 Å². The van der Waals surface area contributed by atoms with Gasteiger partial charge in [0, 0.05) is 0 Å². The molecule has 0 unspecified atom stereocenters. The predicted octanol–water partition coefficient (Wildman–Crippen LogP) is 2.51. The van der Waals surface area contributed by atoms with Crippen molar-refractivity contribution in [1.29, 1.82) is 0 Å². The molecule has 0 amide bonds. The molecule has 0 spiro atoms. The van der Waals surface area contributed by atoms with E-state index in [-0.39, 0.29) is 4.90 Å². The molecule has 3 nitrogen and oxygen atoms in total. The lowest BCUT2D eigenvalue weighted by molar-refractivity contribution is 0.601. The highest BCUT2D eigenvalue weighted by Crippen LogP contribution is 2.19. The second-order valence-electron chi connectivity index (χ2n) is 3.54. The third-order valence-corrected chi connectivity index (χ3v) is 3.71. The Labute approximate surface area is 95.2 Å². The molecule has 0 aliphatic rings. The Morgan fingerprint density at radius 3 is 2.50 bits per heavy atom. The molecule has 1 N–H and O–H groups in total. The van der Waals surface area contributed by atoms with E-state index in [0.717, 1.165) is 5.56 Å². The van der Waals surface area contributed by atoms with Gasteiger partial charge in [-0.3, -0.25) is 4.72 Å². The fraction of sp³-hybridized carbons (Fsp3) is 0.0833. The van der Waals surface area contributed by atoms with Gasteiger partial charge in [0.2, 0.25) is 10.0 Å². The van der Waals surface area contributed by atoms with E-state index >= 15 is 0 Å². The molecule has 84 valence electrons. The minimum atomic E-state index is -3.44. The third kappa shape index (κ3) is 2.12. The first-order chi connectivity index (χ1) is 7.59. The van der Waals surface area contributed by atoms with Crippen LogP contribution in [0.4, 0.5) is 5.69 Å². The predicted molar refractivity (Wildman–Crippen MR) is 64.0 cm³/mol. The maximum atomic E-state index is 11.9. The van der Waals surface area contributed by atoms with E-state index in [9.17, 15) is 8.42 Å². The molecule has 0 aromatic heterocycles. The summed E-state index contributed by atoms with van der Waals surface area (Å²) in [6, 6.07) is 13.8. The lowest BCUT2D eigenvalue weighted by Crippen LogP contribution is -2.12. The summed E-state index contributed by atoms with van der Waals surface area (Å²) in [6.07, 6.45) is 0. The Balaban J connectivity index is 2.33. The lowest BCUT2D eigenvalue weighted by Gasteiger charge is -2.11. The van der Waals surface area contributed by atoms with Gasteiger partial charge >= 0.3 is 0 Å². The van der Waals surface area contributed by atoms with Crippen LogP contribution in [0.2, 0.25) is 0 Å². The molecule has 0 saturated carbocycles. The number of hydrogen-bond acceptors (Lipinski definition) is 2. The van der Waals surface area contributed by atoms with E-state index in [1.165, 1.54) is 0 Å². The number of sulfonamides is 1. The number of rotatable bonds is 3. The molecule has 0 atom stereocenters. The Morgan fingerprint density at radius 2 is 1.88 bits per heavy atom. The van der Waals surface area contributed by atoms with Crippen molar-refractivity contribution < 1.29 is 8.42 Å². The highest BCUT2D eigenvalue weighted by molar-refractivity contribution is 7.92. The van der Waals surface area contributed by atoms with Gasteiger partial charge in [0.15, 0.2) is 0 Å². The average molecular weight is 234 g/mol. The average Bonchev–Trinajstić information content (AvgIpc) is 2.75. The summed E-state index contributed by atoms with van der Waals surface area (Å²) < 4.78 is 26.4. The van der Waals surface area contributed by atoms with Crippen LogP contribution in [0.25, 0.3) is 0 Å². The maximum absolute atomic E-state index is 11.9. The lowest BCUT2D eigenvalue weighted by atomic mass is 10.2. The van der Waals surface area contributed by atoms with Crippen LogP contribution in [-0.2, 0) is 10.0 Å². The van der Waals surface area contributed by atoms with Crippen molar-refractivity contribution in [2.75, 3.05) is 4.72 Å². The molecule has 2 aromatic carbocycles. The first-order valence-corrected chi connectivity index (χ1v) is 6.38. The molecular formula is C12H12NO2S-. The van der Waals surface area contributed by atoms with Crippen LogP contribution in [-0.4, -0.2) is 8.42 Å². The first kappa shape index (κ1) is 10.8. The van der Waals surface area contributed by atoms with E-state index in [1.54, 1.807) is 36.4 Å². The highest BCUT2D eigenvalue weighted by Gasteiger charge is 2.10. The number of para-hydroxylation sites is 1. The Morgan fingerprint density at radius 1 is 1.12 bits per heavy atom. The van der Waals surface area contributed by atoms with E-state index < -0.39 is 10.0 Å². The Hall–Kier alpha value is -1.68. The minimum absolute atomic E-state index is 0.288. The van der Waals surface area contributed by atoms with Crippen LogP contribution in [0.15, 0.2) is 53.4 Å². The van der Waals surface area contributed by atoms with Gasteiger partial charge in [-0.25, -0.2) is 14.5 Å². The summed E-state index contributed by atoms with van der Waals surface area (Å²) in [5.74, 6) is 0. The summed E-state index contributed by atoms with van der Waals surface area (Å²) >= 11 is 0. The quantitative estimate of drug-likeness (QED) is 0.829. The van der Waals surface area contributed by atoms with E-state index in [0.29, 0.717) is 5.69 Å². The van der Waals surface area contributed by atoms with Crippen LogP contribution in [0.5, 0.6) is 0 Å². The topological polar surface area (TPSA) is 46.2 Å². The molecule has 0 heterocycles. The molecular weight excluding hydrogens is 222 g/mol. The second kappa shape index (κ2) is 4.06. The number of anilines is 1. The number of hydrogen-bond donors (Lipinski definition) is 1. The monoisotopic (exact) mass is 234 g/mol. The molecule has 2 rings (SSSR count). The number of benzene rings is 1. The van der Waals surface area contributed by atoms with E-state index in [1.807, 2.05) is 19.1 Å². The molecule has 4 heteroatoms. The van der Waals surface area contributed by atoms with Gasteiger partial charge in [0.1, 0.15) is 0 Å². The fourth-order valence-corrected chi connectivity index (χ4v) is 2.58. The second-order valence-corrected chi connectivity index (χ2v) is 5.22. The molecule has 0 radical (unpaired) electrons. The summed E-state index contributed by atoms with van der Waals surface area (Å²) in [5.41, 5.74) is 1.52. The zero-order valence-corrected chi connectivity index (χ0v) is 9.66. The fourth-order valence-electron chi connectivity index (χ4n) is 1.43. The van der Waals surface area contributed by atoms with Gasteiger partial charge < -0.3 is 0 Å². The molecule has 0 aliphatic carbocycles. The van der Waals surface area contributed by atoms with Crippen molar-refractivity contribution in [2.24, 2.45) is 0 Å². The van der Waals surface area contributed by atoms with Crippen LogP contribution in [0, 0.1) is 6.92 Å². The third-order valence-electron chi connectivity index (χ3n) is 2.33. The largest absolute Gasteiger partial charge is 0.281 e. The smallest absolute Gasteiger partial charge is 0.238 e. The molecule has 0 saturated heterocycles. The molecule has 16 heavy (non-hydrogen) atoms. The first-order valence-electron chi connectivity index (χ1n) is 4.90. The summed E-state index contributed by atoms with van der Waals surface area (Å²) in [4.78, 5) is 0.288. The summed E-state index contributed by atoms with van der Waals surface area (Å²) in [6.45, 7) is 1.86. The number of nitrogens with one attached hydrogen (secondary N) is 1. The zero-order chi connectivity index (χ0) is 11.6. The number of aryl methyl sites for hydroxylation is 1. The van der Waals surface area contributed by atoms with Crippen molar-refractivity contribution in [3.05, 3.63) is 54.1 Å². The van der Waals surface area contributed by atoms with Gasteiger partial charge in [-0.2, -0.15) is 18.2 Å². The van der Waals surface area contributed by atoms with Gasteiger partial charge in [0.25, 0.3) is 0 Å². The van der Waals surface area contributed by atoms with Crippen LogP contribution >= 0.6 is 0 Å². The van der Waals surface area contributed by atoms with Gasteiger partial charge in [0.05, 0.1) is 5.69 Å². The van der Waals surface area contributed by atoms with Gasteiger partial charge in [-0.15, -0.1) is 0 Å². The summed E-state index contributed by atoms with van der Waals surface area (Å²) in [5, 5.41) is 0. The van der Waals surface area contributed by atoms with Gasteiger partial charge in [-0.05, 0) is 23.4 Å². The normalized spacial score (nSPS) is 11.3. The minimum Gasteiger partial charge on any atom is -0.281 e. The maximum Gasteiger partial charge on any atom is 0.238 e. The van der Waals surface area contributed by atoms with Crippen molar-refractivity contribution in [3.63, 3.8) is 0 Å². The standard InChI is InChI=1S/C12H12NO2S/c1-10-6-2-5-9-12(10)13-16(14,15)11-7-3-4-8-11/h2-9,13H,1H3/q-1. The van der Waals surface area contributed by atoms with Crippen molar-refractivity contribution in [2.45, 2.75) is 11.8 Å². The molecule has 0 bridgehead atoms. The van der Waals surface area contributed by atoms with Crippen molar-refractivity contribution in [3.8, 4) is 0 Å². The van der Waals surface area contributed by atoms with Crippen LogP contribution in [0.1, 0.15) is 5.56 Å². The zero-order valence-electron chi connectivity index (χ0n) is 8.84. The Bertz CT molecular complexity index is 571. The Kier molecular flexibility index (Phi) is 2.75. The summed E-state index contributed by atoms with van der Waals surface area (Å²) in [7, 11) is -3.44. The molecule has 0 aliphatic heterocycles. The van der Waals surface area contributed by atoms with Crippen molar-refractivity contribution >= 4 is 15.7 Å².